The fraction of sp³-hybridized carbons (Fsp3) is 0.600. The first-order chi connectivity index (χ1) is 9.49. The van der Waals surface area contributed by atoms with Gasteiger partial charge in [-0.15, -0.1) is 11.3 Å². The van der Waals surface area contributed by atoms with Gasteiger partial charge < -0.3 is 10.0 Å². The van der Waals surface area contributed by atoms with Crippen LogP contribution < -0.4 is 0 Å². The zero-order valence-corrected chi connectivity index (χ0v) is 12.8. The van der Waals surface area contributed by atoms with Crippen LogP contribution >= 0.6 is 11.3 Å². The Morgan fingerprint density at radius 3 is 2.75 bits per heavy atom. The van der Waals surface area contributed by atoms with Crippen LogP contribution in [0.3, 0.4) is 0 Å². The molecule has 2 unspecified atom stereocenters. The highest BCUT2D eigenvalue weighted by Gasteiger charge is 2.37. The van der Waals surface area contributed by atoms with Gasteiger partial charge in [-0.05, 0) is 45.2 Å². The second-order valence-corrected chi connectivity index (χ2v) is 6.80. The van der Waals surface area contributed by atoms with Crippen molar-refractivity contribution in [3.63, 3.8) is 0 Å². The molecule has 2 rings (SSSR count). The Morgan fingerprint density at radius 1 is 1.45 bits per heavy atom. The summed E-state index contributed by atoms with van der Waals surface area (Å²) >= 11 is 1.77. The van der Waals surface area contributed by atoms with E-state index in [1.165, 1.54) is 9.75 Å². The van der Waals surface area contributed by atoms with Crippen molar-refractivity contribution in [3.05, 3.63) is 21.9 Å². The highest BCUT2D eigenvalue weighted by molar-refractivity contribution is 7.11. The third-order valence-electron chi connectivity index (χ3n) is 4.00. The minimum absolute atomic E-state index is 0.0922. The predicted molar refractivity (Wildman–Crippen MR) is 78.9 cm³/mol. The normalized spacial score (nSPS) is 22.2. The molecule has 2 atom stereocenters. The van der Waals surface area contributed by atoms with E-state index in [0.717, 1.165) is 12.8 Å². The van der Waals surface area contributed by atoms with Crippen molar-refractivity contribution in [2.45, 2.75) is 45.6 Å². The number of carbonyl (C=O) groups excluding carboxylic acids is 1. The van der Waals surface area contributed by atoms with Crippen molar-refractivity contribution in [2.75, 3.05) is 6.54 Å². The molecule has 1 saturated heterocycles. The first-order valence-corrected chi connectivity index (χ1v) is 7.88. The second kappa shape index (κ2) is 6.39. The summed E-state index contributed by atoms with van der Waals surface area (Å²) in [4.78, 5) is 27.5. The Balaban J connectivity index is 1.79. The molecule has 1 aromatic heterocycles. The highest BCUT2D eigenvalue weighted by Crippen LogP contribution is 2.25. The number of amides is 1. The van der Waals surface area contributed by atoms with Crippen LogP contribution in [-0.4, -0.2) is 34.5 Å². The number of nitrogens with zero attached hydrogens (tertiary/aromatic N) is 1. The molecule has 0 radical (unpaired) electrons. The van der Waals surface area contributed by atoms with Gasteiger partial charge in [-0.2, -0.15) is 0 Å². The molecule has 110 valence electrons. The van der Waals surface area contributed by atoms with Gasteiger partial charge in [0.1, 0.15) is 0 Å². The molecule has 0 aromatic carbocycles. The van der Waals surface area contributed by atoms with Crippen LogP contribution in [0.5, 0.6) is 0 Å². The highest BCUT2D eigenvalue weighted by atomic mass is 32.1. The lowest BCUT2D eigenvalue weighted by Gasteiger charge is -2.23. The predicted octanol–water partition coefficient (Wildman–Crippen LogP) is 2.70. The van der Waals surface area contributed by atoms with Crippen LogP contribution in [0, 0.1) is 12.8 Å². The molecule has 1 fully saturated rings. The minimum atomic E-state index is -0.790. The van der Waals surface area contributed by atoms with E-state index in [1.54, 1.807) is 16.2 Å². The average molecular weight is 295 g/mol. The maximum Gasteiger partial charge on any atom is 0.308 e. The molecule has 1 N–H and O–H groups in total. The molecular weight excluding hydrogens is 274 g/mol. The van der Waals surface area contributed by atoms with Crippen LogP contribution in [0.4, 0.5) is 0 Å². The molecule has 1 aromatic rings. The Bertz CT molecular complexity index is 497. The maximum atomic E-state index is 12.2. The maximum absolute atomic E-state index is 12.2. The van der Waals surface area contributed by atoms with Crippen LogP contribution in [0.1, 0.15) is 35.9 Å². The summed E-state index contributed by atoms with van der Waals surface area (Å²) in [6.07, 6.45) is 2.84. The zero-order valence-electron chi connectivity index (χ0n) is 12.0. The summed E-state index contributed by atoms with van der Waals surface area (Å²) in [6.45, 7) is 4.50. The summed E-state index contributed by atoms with van der Waals surface area (Å²) in [5.74, 6) is -1.10. The number of aliphatic carboxylic acids is 1. The SMILES string of the molecule is Cc1ccc(CCCC(=O)N2CCC(C(=O)O)C2C)s1. The Morgan fingerprint density at radius 2 is 2.20 bits per heavy atom. The van der Waals surface area contributed by atoms with Gasteiger partial charge in [-0.1, -0.05) is 0 Å². The van der Waals surface area contributed by atoms with Crippen LogP contribution in [-0.2, 0) is 16.0 Å². The van der Waals surface area contributed by atoms with Gasteiger partial charge in [0.25, 0.3) is 0 Å². The van der Waals surface area contributed by atoms with E-state index < -0.39 is 11.9 Å². The number of rotatable bonds is 5. The van der Waals surface area contributed by atoms with Gasteiger partial charge >= 0.3 is 5.97 Å². The van der Waals surface area contributed by atoms with E-state index in [4.69, 9.17) is 5.11 Å². The summed E-state index contributed by atoms with van der Waals surface area (Å²) < 4.78 is 0. The number of hydrogen-bond acceptors (Lipinski definition) is 3. The second-order valence-electron chi connectivity index (χ2n) is 5.43. The van der Waals surface area contributed by atoms with Crippen LogP contribution in [0.2, 0.25) is 0 Å². The lowest BCUT2D eigenvalue weighted by molar-refractivity contribution is -0.143. The van der Waals surface area contributed by atoms with E-state index in [0.29, 0.717) is 19.4 Å². The summed E-state index contributed by atoms with van der Waals surface area (Å²) in [5, 5.41) is 9.07. The molecule has 0 aliphatic carbocycles. The smallest absolute Gasteiger partial charge is 0.308 e. The molecule has 1 aliphatic heterocycles. The molecule has 5 heteroatoms. The molecular formula is C15H21NO3S. The Hall–Kier alpha value is -1.36. The topological polar surface area (TPSA) is 57.6 Å². The number of carboxylic acids is 1. The molecule has 1 aliphatic rings. The van der Waals surface area contributed by atoms with Crippen molar-refractivity contribution in [1.82, 2.24) is 4.90 Å². The minimum Gasteiger partial charge on any atom is -0.481 e. The molecule has 0 spiro atoms. The summed E-state index contributed by atoms with van der Waals surface area (Å²) in [7, 11) is 0. The van der Waals surface area contributed by atoms with Crippen LogP contribution in [0.15, 0.2) is 12.1 Å². The zero-order chi connectivity index (χ0) is 14.7. The number of thiophene rings is 1. The van der Waals surface area contributed by atoms with Crippen molar-refractivity contribution in [3.8, 4) is 0 Å². The molecule has 1 amide bonds. The monoisotopic (exact) mass is 295 g/mol. The van der Waals surface area contributed by atoms with E-state index in [-0.39, 0.29) is 11.9 Å². The first kappa shape index (κ1) is 15.0. The lowest BCUT2D eigenvalue weighted by Crippen LogP contribution is -2.37. The first-order valence-electron chi connectivity index (χ1n) is 7.06. The average Bonchev–Trinajstić information content (AvgIpc) is 2.95. The summed E-state index contributed by atoms with van der Waals surface area (Å²) in [5.41, 5.74) is 0. The van der Waals surface area contributed by atoms with E-state index in [9.17, 15) is 9.59 Å². The largest absolute Gasteiger partial charge is 0.481 e. The van der Waals surface area contributed by atoms with Gasteiger partial charge in [0.2, 0.25) is 5.91 Å². The molecule has 0 saturated carbocycles. The number of hydrogen-bond donors (Lipinski definition) is 1. The third-order valence-corrected chi connectivity index (χ3v) is 5.06. The number of carboxylic acid groups (broad SMARTS) is 1. The molecule has 2 heterocycles. The standard InChI is InChI=1S/C15H21NO3S/c1-10-6-7-12(20-10)4-3-5-14(17)16-9-8-13(11(16)2)15(18)19/h6-7,11,13H,3-5,8-9H2,1-2H3,(H,18,19). The fourth-order valence-corrected chi connectivity index (χ4v) is 3.73. The quantitative estimate of drug-likeness (QED) is 0.908. The fourth-order valence-electron chi connectivity index (χ4n) is 2.80. The summed E-state index contributed by atoms with van der Waals surface area (Å²) in [6, 6.07) is 4.04. The Labute approximate surface area is 123 Å². The van der Waals surface area contributed by atoms with Gasteiger partial charge in [0.05, 0.1) is 5.92 Å². The van der Waals surface area contributed by atoms with Crippen molar-refractivity contribution < 1.29 is 14.7 Å². The third kappa shape index (κ3) is 3.39. The van der Waals surface area contributed by atoms with Crippen LogP contribution in [0.25, 0.3) is 0 Å². The van der Waals surface area contributed by atoms with Gasteiger partial charge in [0.15, 0.2) is 0 Å². The number of likely N-dealkylation sites (tertiary alicyclic amines) is 1. The van der Waals surface area contributed by atoms with E-state index in [2.05, 4.69) is 19.1 Å². The van der Waals surface area contributed by atoms with Gasteiger partial charge in [0, 0.05) is 28.8 Å². The molecule has 0 bridgehead atoms. The van der Waals surface area contributed by atoms with Crippen molar-refractivity contribution in [1.29, 1.82) is 0 Å². The molecule has 20 heavy (non-hydrogen) atoms. The molecule has 4 nitrogen and oxygen atoms in total. The van der Waals surface area contributed by atoms with Gasteiger partial charge in [-0.25, -0.2) is 0 Å². The van der Waals surface area contributed by atoms with Crippen molar-refractivity contribution >= 4 is 23.2 Å². The van der Waals surface area contributed by atoms with Crippen molar-refractivity contribution in [2.24, 2.45) is 5.92 Å². The van der Waals surface area contributed by atoms with Gasteiger partial charge in [-0.3, -0.25) is 9.59 Å². The Kier molecular flexibility index (Phi) is 4.81. The van der Waals surface area contributed by atoms with E-state index in [1.807, 2.05) is 6.92 Å². The van der Waals surface area contributed by atoms with E-state index >= 15 is 0 Å². The number of aryl methyl sites for hydroxylation is 2. The lowest BCUT2D eigenvalue weighted by atomic mass is 10.0. The number of carbonyl (C=O) groups is 2.